The topological polar surface area (TPSA) is 9.23 Å². The van der Waals surface area contributed by atoms with E-state index in [1.807, 2.05) is 7.11 Å². The summed E-state index contributed by atoms with van der Waals surface area (Å²) in [4.78, 5) is 0. The zero-order valence-electron chi connectivity index (χ0n) is 24.2. The Morgan fingerprint density at radius 3 is 1.47 bits per heavy atom. The van der Waals surface area contributed by atoms with Crippen molar-refractivity contribution in [1.29, 1.82) is 0 Å². The van der Waals surface area contributed by atoms with Crippen molar-refractivity contribution in [3.8, 4) is 16.9 Å². The molecule has 0 aromatic heterocycles. The van der Waals surface area contributed by atoms with Crippen LogP contribution in [0.1, 0.15) is 123 Å². The van der Waals surface area contributed by atoms with E-state index in [0.717, 1.165) is 5.75 Å². The number of aryl methyl sites for hydroxylation is 1. The molecule has 0 aliphatic heterocycles. The molecule has 0 atom stereocenters. The van der Waals surface area contributed by atoms with E-state index in [9.17, 15) is 0 Å². The molecule has 0 bridgehead atoms. The molecular weight excluding hydrogens is 526 g/mol. The first-order chi connectivity index (χ1) is 15.0. The minimum atomic E-state index is -0.534. The second-order valence-corrected chi connectivity index (χ2v) is 16.3. The molecule has 0 aliphatic carbocycles. The predicted molar refractivity (Wildman–Crippen MR) is 151 cm³/mol. The molecule has 2 rings (SSSR count). The van der Waals surface area contributed by atoms with Crippen LogP contribution in [0, 0.1) is 6.92 Å². The molecule has 0 spiro atoms. The van der Waals surface area contributed by atoms with Crippen molar-refractivity contribution < 1.29 is 25.2 Å². The summed E-state index contributed by atoms with van der Waals surface area (Å²) in [6, 6.07) is 9.43. The number of ether oxygens (including phenoxy) is 1. The van der Waals surface area contributed by atoms with Crippen LogP contribution in [0.2, 0.25) is 0 Å². The zero-order valence-corrected chi connectivity index (χ0v) is 26.7. The fourth-order valence-corrected chi connectivity index (χ4v) is 9.55. The summed E-state index contributed by atoms with van der Waals surface area (Å²) in [5.74, 6) is 2.46. The van der Waals surface area contributed by atoms with Gasteiger partial charge in [-0.1, -0.05) is 109 Å². The fraction of sp³-hybridized carbons (Fsp3) is 0.613. The van der Waals surface area contributed by atoms with Crippen LogP contribution in [0.3, 0.4) is 0 Å². The normalized spacial score (nSPS) is 12.6. The van der Waals surface area contributed by atoms with Gasteiger partial charge in [-0.25, -0.2) is 0 Å². The quantitative estimate of drug-likeness (QED) is 0.246. The van der Waals surface area contributed by atoms with E-state index in [4.69, 9.17) is 4.74 Å². The van der Waals surface area contributed by atoms with Crippen LogP contribution in [0.5, 0.6) is 5.75 Å². The maximum atomic E-state index is 6.11. The number of benzene rings is 2. The molecule has 192 valence electrons. The molecule has 0 unspecified atom stereocenters. The first-order valence-corrected chi connectivity index (χ1v) is 14.0. The number of hydrogen-bond acceptors (Lipinski definition) is 1. The average Bonchev–Trinajstić information content (AvgIpc) is 2.65. The Kier molecular flexibility index (Phi) is 10.7. The van der Waals surface area contributed by atoms with Gasteiger partial charge in [0.1, 0.15) is 5.75 Å². The molecule has 3 heteroatoms. The van der Waals surface area contributed by atoms with Gasteiger partial charge in [0, 0.05) is 5.30 Å². The SMILES string of the molecule is COc1ccc(C)c(-c2c(C(C)C)cc(C(C)C)cc2C(C)C)c1P(C(C)(C)C)C(C)(C)C.[Pd+2]. The minimum absolute atomic E-state index is 0. The van der Waals surface area contributed by atoms with Crippen molar-refractivity contribution in [1.82, 2.24) is 0 Å². The van der Waals surface area contributed by atoms with E-state index in [0.29, 0.717) is 17.8 Å². The largest absolute Gasteiger partial charge is 2.00 e. The Balaban J connectivity index is 0.00000578. The summed E-state index contributed by atoms with van der Waals surface area (Å²) in [6.45, 7) is 30.7. The number of rotatable bonds is 6. The molecule has 0 fully saturated rings. The van der Waals surface area contributed by atoms with E-state index in [2.05, 4.69) is 114 Å². The molecule has 0 aliphatic rings. The smallest absolute Gasteiger partial charge is 0.496 e. The van der Waals surface area contributed by atoms with E-state index < -0.39 is 7.92 Å². The van der Waals surface area contributed by atoms with E-state index in [1.54, 1.807) is 0 Å². The van der Waals surface area contributed by atoms with Gasteiger partial charge in [-0.05, 0) is 74.4 Å². The van der Waals surface area contributed by atoms with Crippen LogP contribution in [-0.2, 0) is 20.4 Å². The third-order valence-electron chi connectivity index (χ3n) is 6.52. The number of hydrogen-bond donors (Lipinski definition) is 0. The van der Waals surface area contributed by atoms with Crippen molar-refractivity contribution in [3.63, 3.8) is 0 Å². The van der Waals surface area contributed by atoms with Crippen molar-refractivity contribution >= 4 is 13.2 Å². The van der Waals surface area contributed by atoms with Crippen LogP contribution in [0.25, 0.3) is 11.1 Å². The van der Waals surface area contributed by atoms with Gasteiger partial charge in [0.15, 0.2) is 0 Å². The Labute approximate surface area is 226 Å². The van der Waals surface area contributed by atoms with Gasteiger partial charge in [-0.2, -0.15) is 0 Å². The first-order valence-electron chi connectivity index (χ1n) is 12.7. The molecule has 0 amide bonds. The van der Waals surface area contributed by atoms with E-state index in [-0.39, 0.29) is 30.7 Å². The van der Waals surface area contributed by atoms with Crippen molar-refractivity contribution in [2.75, 3.05) is 7.11 Å². The van der Waals surface area contributed by atoms with Gasteiger partial charge in [0.25, 0.3) is 0 Å². The van der Waals surface area contributed by atoms with Crippen LogP contribution in [0.4, 0.5) is 0 Å². The van der Waals surface area contributed by atoms with Crippen molar-refractivity contribution in [2.45, 2.75) is 118 Å². The molecule has 0 heterocycles. The second kappa shape index (κ2) is 11.6. The Hall–Kier alpha value is -0.668. The van der Waals surface area contributed by atoms with Gasteiger partial charge in [-0.3, -0.25) is 0 Å². The summed E-state index contributed by atoms with van der Waals surface area (Å²) >= 11 is 0. The van der Waals surface area contributed by atoms with Crippen LogP contribution in [0.15, 0.2) is 24.3 Å². The third kappa shape index (κ3) is 6.55. The van der Waals surface area contributed by atoms with Gasteiger partial charge < -0.3 is 4.74 Å². The second-order valence-electron chi connectivity index (χ2n) is 12.5. The van der Waals surface area contributed by atoms with Gasteiger partial charge >= 0.3 is 20.4 Å². The zero-order chi connectivity index (χ0) is 25.5. The van der Waals surface area contributed by atoms with Crippen LogP contribution < -0.4 is 10.0 Å². The fourth-order valence-electron chi connectivity index (χ4n) is 5.30. The molecule has 34 heavy (non-hydrogen) atoms. The maximum absolute atomic E-state index is 6.11. The first kappa shape index (κ1) is 31.4. The average molecular weight is 575 g/mol. The summed E-state index contributed by atoms with van der Waals surface area (Å²) in [6.07, 6.45) is 0. The Bertz CT molecular complexity index is 931. The van der Waals surface area contributed by atoms with Gasteiger partial charge in [0.2, 0.25) is 0 Å². The molecule has 2 aromatic carbocycles. The monoisotopic (exact) mass is 574 g/mol. The minimum Gasteiger partial charge on any atom is -0.496 e. The molecule has 0 saturated carbocycles. The third-order valence-corrected chi connectivity index (χ3v) is 10.1. The van der Waals surface area contributed by atoms with Crippen molar-refractivity contribution in [3.05, 3.63) is 46.5 Å². The standard InChI is InChI=1S/C31H49OP.Pd/c1-19(2)23-17-24(20(3)4)28(25(18-23)21(5)6)27-22(7)15-16-26(32-14)29(27)33(30(8,9)10)31(11,12)13;/h15-21H,1-14H3;/q;+2. The van der Waals surface area contributed by atoms with Crippen LogP contribution in [-0.4, -0.2) is 17.4 Å². The predicted octanol–water partition coefficient (Wildman–Crippen LogP) is 9.74. The molecule has 0 saturated heterocycles. The van der Waals surface area contributed by atoms with Gasteiger partial charge in [0.05, 0.1) is 7.11 Å². The molecular formula is C31H49OPPd+2. The number of methoxy groups -OCH3 is 1. The maximum Gasteiger partial charge on any atom is 2.00 e. The van der Waals surface area contributed by atoms with Gasteiger partial charge in [-0.15, -0.1) is 0 Å². The summed E-state index contributed by atoms with van der Waals surface area (Å²) in [5.41, 5.74) is 8.63. The van der Waals surface area contributed by atoms with Crippen molar-refractivity contribution in [2.24, 2.45) is 0 Å². The van der Waals surface area contributed by atoms with E-state index >= 15 is 0 Å². The van der Waals surface area contributed by atoms with Crippen LogP contribution >= 0.6 is 7.92 Å². The summed E-state index contributed by atoms with van der Waals surface area (Å²) < 4.78 is 6.11. The van der Waals surface area contributed by atoms with E-state index in [1.165, 1.54) is 38.7 Å². The molecule has 0 radical (unpaired) electrons. The molecule has 1 nitrogen and oxygen atoms in total. The summed E-state index contributed by atoms with van der Waals surface area (Å²) in [7, 11) is 1.31. The molecule has 0 N–H and O–H groups in total. The Morgan fingerprint density at radius 1 is 0.706 bits per heavy atom. The summed E-state index contributed by atoms with van der Waals surface area (Å²) in [5, 5.41) is 1.74. The molecule has 2 aromatic rings. The Morgan fingerprint density at radius 2 is 1.15 bits per heavy atom.